The van der Waals surface area contributed by atoms with E-state index in [9.17, 15) is 19.2 Å². The Balaban J connectivity index is 1.55. The summed E-state index contributed by atoms with van der Waals surface area (Å²) in [6.45, 7) is 4.56. The monoisotopic (exact) mass is 602 g/mol. The second-order valence-corrected chi connectivity index (χ2v) is 10.7. The quantitative estimate of drug-likeness (QED) is 0.246. The predicted octanol–water partition coefficient (Wildman–Crippen LogP) is 3.02. The van der Waals surface area contributed by atoms with Crippen molar-refractivity contribution in [3.8, 4) is 11.5 Å². The second-order valence-electron chi connectivity index (χ2n) is 10.3. The number of methoxy groups -OCH3 is 1. The lowest BCUT2D eigenvalue weighted by molar-refractivity contribution is -0.397. The number of fused-ring (bicyclic) bond motifs is 4. The van der Waals surface area contributed by atoms with Crippen LogP contribution in [-0.2, 0) is 44.6 Å². The maximum Gasteiger partial charge on any atom is 0.308 e. The number of rotatable bonds is 4. The van der Waals surface area contributed by atoms with Crippen LogP contribution in [0.1, 0.15) is 63.2 Å². The summed E-state index contributed by atoms with van der Waals surface area (Å²) in [7, 11) is 1.39. The van der Waals surface area contributed by atoms with Crippen LogP contribution in [0, 0.1) is 6.92 Å². The number of esters is 2. The Hall–Kier alpha value is -3.39. The number of hydrogen-bond acceptors (Lipinski definition) is 12. The molecule has 222 valence electrons. The molecule has 12 nitrogen and oxygen atoms in total. The van der Waals surface area contributed by atoms with Crippen molar-refractivity contribution < 1.29 is 57.1 Å². The molecule has 0 amide bonds. The van der Waals surface area contributed by atoms with Crippen molar-refractivity contribution >= 4 is 35.1 Å². The zero-order valence-electron chi connectivity index (χ0n) is 23.2. The molecular formula is C29H27ClO12. The molecule has 3 heterocycles. The average Bonchev–Trinajstić information content (AvgIpc) is 3.76. The third-order valence-corrected chi connectivity index (χ3v) is 8.00. The predicted molar refractivity (Wildman–Crippen MR) is 141 cm³/mol. The van der Waals surface area contributed by atoms with E-state index < -0.39 is 47.5 Å². The van der Waals surface area contributed by atoms with Crippen molar-refractivity contribution in [2.45, 2.75) is 57.8 Å². The van der Waals surface area contributed by atoms with Gasteiger partial charge in [0.25, 0.3) is 12.1 Å². The Kier molecular flexibility index (Phi) is 7.11. The Morgan fingerprint density at radius 1 is 1.00 bits per heavy atom. The third kappa shape index (κ3) is 4.24. The lowest BCUT2D eigenvalue weighted by Gasteiger charge is -2.46. The summed E-state index contributed by atoms with van der Waals surface area (Å²) >= 11 is 6.31. The molecule has 4 aliphatic rings. The van der Waals surface area contributed by atoms with Gasteiger partial charge in [-0.05, 0) is 37.1 Å². The van der Waals surface area contributed by atoms with Crippen LogP contribution >= 0.6 is 11.6 Å². The van der Waals surface area contributed by atoms with E-state index in [1.165, 1.54) is 26.2 Å². The van der Waals surface area contributed by atoms with E-state index in [1.54, 1.807) is 13.0 Å². The van der Waals surface area contributed by atoms with Gasteiger partial charge in [0.15, 0.2) is 11.5 Å². The normalized spacial score (nSPS) is 26.7. The van der Waals surface area contributed by atoms with Gasteiger partial charge < -0.3 is 37.9 Å². The zero-order chi connectivity index (χ0) is 30.0. The summed E-state index contributed by atoms with van der Waals surface area (Å²) in [6, 6.07) is 4.33. The van der Waals surface area contributed by atoms with Crippen LogP contribution in [0.4, 0.5) is 0 Å². The van der Waals surface area contributed by atoms with Gasteiger partial charge >= 0.3 is 11.9 Å². The van der Waals surface area contributed by atoms with Gasteiger partial charge in [-0.2, -0.15) is 0 Å². The van der Waals surface area contributed by atoms with Gasteiger partial charge in [-0.3, -0.25) is 19.2 Å². The Morgan fingerprint density at radius 2 is 1.71 bits per heavy atom. The molecule has 3 atom stereocenters. The van der Waals surface area contributed by atoms with Gasteiger partial charge in [0.2, 0.25) is 17.7 Å². The summed E-state index contributed by atoms with van der Waals surface area (Å²) in [5.41, 5.74) is -0.899. The number of benzene rings is 2. The van der Waals surface area contributed by atoms with Crippen molar-refractivity contribution in [3.05, 3.63) is 56.6 Å². The smallest absolute Gasteiger partial charge is 0.308 e. The number of ether oxygens (including phenoxy) is 8. The SMILES string of the molecule is COC1(C2OCCCO2)OCc2c(C)cc3c(c2O[C@@H](OC(C)=O)[C@@]12CO2)C(=O)c1c(ccc(Cl)c1OC(C)=O)C3=O. The summed E-state index contributed by atoms with van der Waals surface area (Å²) in [5.74, 6) is -4.68. The van der Waals surface area contributed by atoms with Crippen LogP contribution in [0.3, 0.4) is 0 Å². The van der Waals surface area contributed by atoms with Gasteiger partial charge in [-0.1, -0.05) is 11.6 Å². The first-order valence-corrected chi connectivity index (χ1v) is 13.6. The topological polar surface area (TPSA) is 145 Å². The highest BCUT2D eigenvalue weighted by Gasteiger charge is 2.76. The van der Waals surface area contributed by atoms with Crippen LogP contribution in [-0.4, -0.2) is 74.4 Å². The molecule has 2 aromatic carbocycles. The van der Waals surface area contributed by atoms with E-state index in [0.717, 1.165) is 6.92 Å². The second kappa shape index (κ2) is 10.4. The Labute approximate surface area is 245 Å². The van der Waals surface area contributed by atoms with E-state index in [4.69, 9.17) is 49.5 Å². The van der Waals surface area contributed by atoms with Crippen molar-refractivity contribution in [2.75, 3.05) is 26.9 Å². The van der Waals surface area contributed by atoms with Crippen LogP contribution < -0.4 is 9.47 Å². The maximum atomic E-state index is 14.2. The molecule has 0 aromatic heterocycles. The number of ketones is 2. The van der Waals surface area contributed by atoms with Gasteiger partial charge in [0, 0.05) is 37.6 Å². The molecule has 2 fully saturated rings. The molecule has 2 saturated heterocycles. The van der Waals surface area contributed by atoms with Crippen molar-refractivity contribution in [2.24, 2.45) is 0 Å². The fraction of sp³-hybridized carbons (Fsp3) is 0.448. The minimum absolute atomic E-state index is 0.0122. The average molecular weight is 603 g/mol. The highest BCUT2D eigenvalue weighted by Crippen LogP contribution is 2.53. The molecule has 0 N–H and O–H groups in total. The maximum absolute atomic E-state index is 14.2. The number of carbonyl (C=O) groups excluding carboxylic acids is 4. The highest BCUT2D eigenvalue weighted by atomic mass is 35.5. The lowest BCUT2D eigenvalue weighted by atomic mass is 9.80. The summed E-state index contributed by atoms with van der Waals surface area (Å²) in [6.07, 6.45) is -1.94. The Bertz CT molecular complexity index is 1520. The van der Waals surface area contributed by atoms with E-state index in [1.807, 2.05) is 0 Å². The lowest BCUT2D eigenvalue weighted by Crippen LogP contribution is -2.66. The molecule has 42 heavy (non-hydrogen) atoms. The summed E-state index contributed by atoms with van der Waals surface area (Å²) in [5, 5.41) is -0.0340. The van der Waals surface area contributed by atoms with E-state index >= 15 is 0 Å². The van der Waals surface area contributed by atoms with Crippen molar-refractivity contribution in [1.82, 2.24) is 0 Å². The summed E-state index contributed by atoms with van der Waals surface area (Å²) in [4.78, 5) is 52.2. The first-order valence-electron chi connectivity index (χ1n) is 13.2. The van der Waals surface area contributed by atoms with Crippen LogP contribution in [0.25, 0.3) is 0 Å². The molecule has 0 radical (unpaired) electrons. The Morgan fingerprint density at radius 3 is 2.33 bits per heavy atom. The van der Waals surface area contributed by atoms with Crippen molar-refractivity contribution in [1.29, 1.82) is 0 Å². The van der Waals surface area contributed by atoms with E-state index in [-0.39, 0.29) is 52.0 Å². The molecule has 13 heteroatoms. The number of aryl methyl sites for hydroxylation is 1. The minimum Gasteiger partial charge on any atom is -0.450 e. The van der Waals surface area contributed by atoms with Gasteiger partial charge in [0.05, 0.1) is 42.6 Å². The van der Waals surface area contributed by atoms with Gasteiger partial charge in [0.1, 0.15) is 5.75 Å². The number of epoxide rings is 1. The molecule has 0 saturated carbocycles. The molecule has 1 spiro atoms. The largest absolute Gasteiger partial charge is 0.450 e. The van der Waals surface area contributed by atoms with Crippen LogP contribution in [0.2, 0.25) is 5.02 Å². The number of carbonyl (C=O) groups is 4. The molecule has 1 aliphatic carbocycles. The fourth-order valence-electron chi connectivity index (χ4n) is 5.68. The third-order valence-electron chi connectivity index (χ3n) is 7.70. The standard InChI is InChI=1S/C29H27ClO12/c1-13-10-17-21(23(34)20-16(22(17)33)6-7-19(30)25(20)40-14(2)31)24-18(13)11-38-29(35-4,27-36-8-5-9-37-27)28(12-39-28)26(42-24)41-15(3)32/h6-7,10,26-27H,5,8-9,11-12H2,1-4H3/t26-,28+,29?/m1/s1. The van der Waals surface area contributed by atoms with Crippen molar-refractivity contribution in [3.63, 3.8) is 0 Å². The molecule has 3 aliphatic heterocycles. The van der Waals surface area contributed by atoms with E-state index in [0.29, 0.717) is 30.8 Å². The number of halogens is 1. The summed E-state index contributed by atoms with van der Waals surface area (Å²) < 4.78 is 47.2. The molecule has 2 aromatic rings. The molecular weight excluding hydrogens is 576 g/mol. The van der Waals surface area contributed by atoms with Crippen LogP contribution in [0.15, 0.2) is 18.2 Å². The first kappa shape index (κ1) is 28.7. The van der Waals surface area contributed by atoms with E-state index in [2.05, 4.69) is 0 Å². The zero-order valence-corrected chi connectivity index (χ0v) is 24.0. The van der Waals surface area contributed by atoms with Crippen LogP contribution in [0.5, 0.6) is 11.5 Å². The highest BCUT2D eigenvalue weighted by molar-refractivity contribution is 6.36. The number of hydrogen-bond donors (Lipinski definition) is 0. The first-order chi connectivity index (χ1) is 20.0. The molecule has 0 bridgehead atoms. The molecule has 6 rings (SSSR count). The minimum atomic E-state index is -1.74. The van der Waals surface area contributed by atoms with Gasteiger partial charge in [-0.25, -0.2) is 0 Å². The fourth-order valence-corrected chi connectivity index (χ4v) is 5.88. The molecule has 1 unspecified atom stereocenters. The van der Waals surface area contributed by atoms with Gasteiger partial charge in [-0.15, -0.1) is 0 Å².